The minimum atomic E-state index is -0.0903. The van der Waals surface area contributed by atoms with Crippen LogP contribution in [0.1, 0.15) is 49.5 Å². The number of hydrogen-bond acceptors (Lipinski definition) is 5. The van der Waals surface area contributed by atoms with Crippen LogP contribution in [-0.2, 0) is 11.2 Å². The normalized spacial score (nSPS) is 16.5. The van der Waals surface area contributed by atoms with E-state index in [4.69, 9.17) is 4.74 Å². The first-order chi connectivity index (χ1) is 15.6. The predicted octanol–water partition coefficient (Wildman–Crippen LogP) is 3.77. The minimum absolute atomic E-state index is 0.00660. The van der Waals surface area contributed by atoms with Gasteiger partial charge in [0.2, 0.25) is 5.91 Å². The van der Waals surface area contributed by atoms with Crippen molar-refractivity contribution in [2.24, 2.45) is 0 Å². The van der Waals surface area contributed by atoms with Crippen molar-refractivity contribution in [1.82, 2.24) is 30.1 Å². The van der Waals surface area contributed by atoms with Gasteiger partial charge >= 0.3 is 0 Å². The summed E-state index contributed by atoms with van der Waals surface area (Å²) in [5.41, 5.74) is 5.02. The maximum Gasteiger partial charge on any atom is 0.222 e. The molecule has 164 valence electrons. The van der Waals surface area contributed by atoms with Gasteiger partial charge in [-0.3, -0.25) is 4.79 Å². The fraction of sp³-hybridized carbons (Fsp3) is 0.333. The Morgan fingerprint density at radius 3 is 2.84 bits per heavy atom. The highest BCUT2D eigenvalue weighted by Crippen LogP contribution is 2.31. The van der Waals surface area contributed by atoms with Crippen LogP contribution in [0.15, 0.2) is 54.7 Å². The molecule has 0 radical (unpaired) electrons. The maximum absolute atomic E-state index is 12.9. The molecule has 5 rings (SSSR count). The van der Waals surface area contributed by atoms with Crippen molar-refractivity contribution < 1.29 is 9.53 Å². The van der Waals surface area contributed by atoms with Gasteiger partial charge in [-0.2, -0.15) is 5.10 Å². The van der Waals surface area contributed by atoms with E-state index < -0.39 is 0 Å². The van der Waals surface area contributed by atoms with Gasteiger partial charge in [0.15, 0.2) is 0 Å². The number of fused-ring (bicyclic) bond motifs is 2. The molecule has 2 aromatic heterocycles. The molecule has 0 saturated heterocycles. The first-order valence-electron chi connectivity index (χ1n) is 10.9. The number of benzene rings is 2. The van der Waals surface area contributed by atoms with Crippen LogP contribution >= 0.6 is 0 Å². The maximum atomic E-state index is 12.9. The largest absolute Gasteiger partial charge is 0.497 e. The molecule has 1 amide bonds. The van der Waals surface area contributed by atoms with Crippen LogP contribution in [0.2, 0.25) is 0 Å². The van der Waals surface area contributed by atoms with Crippen LogP contribution in [0.25, 0.3) is 16.7 Å². The lowest BCUT2D eigenvalue weighted by Gasteiger charge is -2.25. The van der Waals surface area contributed by atoms with Gasteiger partial charge in [0.1, 0.15) is 11.3 Å². The van der Waals surface area contributed by atoms with Crippen molar-refractivity contribution in [3.8, 4) is 11.4 Å². The van der Waals surface area contributed by atoms with Crippen molar-refractivity contribution in [3.05, 3.63) is 66.0 Å². The summed E-state index contributed by atoms with van der Waals surface area (Å²) in [4.78, 5) is 12.9. The molecule has 0 fully saturated rings. The number of nitrogens with one attached hydrogen (secondary N) is 1. The van der Waals surface area contributed by atoms with Gasteiger partial charge in [-0.15, -0.1) is 5.10 Å². The second-order valence-corrected chi connectivity index (χ2v) is 8.24. The van der Waals surface area contributed by atoms with Crippen LogP contribution in [0.5, 0.6) is 5.75 Å². The highest BCUT2D eigenvalue weighted by atomic mass is 16.5. The van der Waals surface area contributed by atoms with E-state index in [-0.39, 0.29) is 18.0 Å². The molecule has 0 spiro atoms. The standard InChI is InChI=1S/C24H26N6O2/c1-16(29-23-8-4-3-6-21(23)27-28-29)14-24(31)26-20-7-5-9-22-19(20)15-25-30(22)17-10-12-18(32-2)13-11-17/h3-4,6,8,10-13,15-16,20H,5,7,9,14H2,1-2H3,(H,26,31). The second kappa shape index (κ2) is 8.45. The summed E-state index contributed by atoms with van der Waals surface area (Å²) < 4.78 is 9.05. The van der Waals surface area contributed by atoms with E-state index in [1.807, 2.05) is 71.0 Å². The molecule has 32 heavy (non-hydrogen) atoms. The molecule has 0 saturated carbocycles. The molecule has 4 aromatic rings. The molecule has 0 aliphatic heterocycles. The third-order valence-electron chi connectivity index (χ3n) is 6.11. The van der Waals surface area contributed by atoms with Gasteiger partial charge in [0, 0.05) is 17.7 Å². The Kier molecular flexibility index (Phi) is 5.34. The number of carbonyl (C=O) groups excluding carboxylic acids is 1. The van der Waals surface area contributed by atoms with Gasteiger partial charge in [0.25, 0.3) is 0 Å². The fourth-order valence-corrected chi connectivity index (χ4v) is 4.47. The van der Waals surface area contributed by atoms with Crippen molar-refractivity contribution in [2.75, 3.05) is 7.11 Å². The number of methoxy groups -OCH3 is 1. The summed E-state index contributed by atoms with van der Waals surface area (Å²) in [6.45, 7) is 1.99. The average Bonchev–Trinajstić information content (AvgIpc) is 3.44. The zero-order valence-electron chi connectivity index (χ0n) is 18.2. The smallest absolute Gasteiger partial charge is 0.222 e. The van der Waals surface area contributed by atoms with Crippen LogP contribution < -0.4 is 10.1 Å². The Morgan fingerprint density at radius 1 is 1.22 bits per heavy atom. The summed E-state index contributed by atoms with van der Waals surface area (Å²) in [5.74, 6) is 0.821. The van der Waals surface area contributed by atoms with E-state index >= 15 is 0 Å². The zero-order chi connectivity index (χ0) is 22.1. The number of amides is 1. The lowest BCUT2D eigenvalue weighted by atomic mass is 9.92. The van der Waals surface area contributed by atoms with E-state index in [9.17, 15) is 4.79 Å². The highest BCUT2D eigenvalue weighted by molar-refractivity contribution is 5.78. The van der Waals surface area contributed by atoms with Crippen LogP contribution in [0, 0.1) is 0 Å². The predicted molar refractivity (Wildman–Crippen MR) is 121 cm³/mol. The molecule has 2 aromatic carbocycles. The molecule has 8 heteroatoms. The third-order valence-corrected chi connectivity index (χ3v) is 6.11. The number of hydrogen-bond donors (Lipinski definition) is 1. The number of para-hydroxylation sites is 1. The number of nitrogens with zero attached hydrogens (tertiary/aromatic N) is 5. The molecule has 1 aliphatic rings. The lowest BCUT2D eigenvalue weighted by Crippen LogP contribution is -2.32. The molecule has 2 atom stereocenters. The number of rotatable bonds is 6. The Balaban J connectivity index is 1.30. The number of carbonyl (C=O) groups is 1. The van der Waals surface area contributed by atoms with Gasteiger partial charge < -0.3 is 10.1 Å². The summed E-state index contributed by atoms with van der Waals surface area (Å²) in [6.07, 6.45) is 5.08. The first kappa shape index (κ1) is 20.2. The minimum Gasteiger partial charge on any atom is -0.497 e. The molecule has 1 aliphatic carbocycles. The molecule has 1 N–H and O–H groups in total. The van der Waals surface area contributed by atoms with Crippen LogP contribution in [0.4, 0.5) is 0 Å². The summed E-state index contributed by atoms with van der Waals surface area (Å²) in [6, 6.07) is 15.5. The number of ether oxygens (including phenoxy) is 1. The number of aromatic nitrogens is 5. The summed E-state index contributed by atoms with van der Waals surface area (Å²) in [7, 11) is 1.66. The van der Waals surface area contributed by atoms with Crippen molar-refractivity contribution in [1.29, 1.82) is 0 Å². The monoisotopic (exact) mass is 430 g/mol. The Hall–Kier alpha value is -3.68. The van der Waals surface area contributed by atoms with E-state index in [1.54, 1.807) is 7.11 Å². The van der Waals surface area contributed by atoms with E-state index in [1.165, 1.54) is 0 Å². The highest BCUT2D eigenvalue weighted by Gasteiger charge is 2.27. The van der Waals surface area contributed by atoms with Crippen molar-refractivity contribution in [2.45, 2.75) is 44.7 Å². The van der Waals surface area contributed by atoms with Crippen LogP contribution in [-0.4, -0.2) is 37.8 Å². The van der Waals surface area contributed by atoms with Gasteiger partial charge in [-0.1, -0.05) is 17.3 Å². The lowest BCUT2D eigenvalue weighted by molar-refractivity contribution is -0.122. The molecule has 0 bridgehead atoms. The van der Waals surface area contributed by atoms with E-state index in [0.29, 0.717) is 6.42 Å². The molecule has 8 nitrogen and oxygen atoms in total. The molecule has 2 heterocycles. The quantitative estimate of drug-likeness (QED) is 0.503. The summed E-state index contributed by atoms with van der Waals surface area (Å²) in [5, 5.41) is 16.3. The Morgan fingerprint density at radius 2 is 2.03 bits per heavy atom. The second-order valence-electron chi connectivity index (χ2n) is 8.24. The Bertz CT molecular complexity index is 1240. The van der Waals surface area contributed by atoms with E-state index in [2.05, 4.69) is 20.7 Å². The van der Waals surface area contributed by atoms with Gasteiger partial charge in [-0.05, 0) is 62.6 Å². The van der Waals surface area contributed by atoms with Crippen LogP contribution in [0.3, 0.4) is 0 Å². The van der Waals surface area contributed by atoms with Crippen molar-refractivity contribution >= 4 is 16.9 Å². The molecule has 2 unspecified atom stereocenters. The molecular weight excluding hydrogens is 404 g/mol. The van der Waals surface area contributed by atoms with E-state index in [0.717, 1.165) is 53.0 Å². The Labute approximate surface area is 186 Å². The third kappa shape index (κ3) is 3.72. The van der Waals surface area contributed by atoms with Crippen molar-refractivity contribution in [3.63, 3.8) is 0 Å². The van der Waals surface area contributed by atoms with Gasteiger partial charge in [-0.25, -0.2) is 9.36 Å². The first-order valence-corrected chi connectivity index (χ1v) is 10.9. The summed E-state index contributed by atoms with van der Waals surface area (Å²) >= 11 is 0. The average molecular weight is 431 g/mol. The van der Waals surface area contributed by atoms with Gasteiger partial charge in [0.05, 0.1) is 36.6 Å². The topological polar surface area (TPSA) is 86.9 Å². The fourth-order valence-electron chi connectivity index (χ4n) is 4.47. The SMILES string of the molecule is COc1ccc(-n2ncc3c2CCCC3NC(=O)CC(C)n2nnc3ccccc32)cc1. The zero-order valence-corrected chi connectivity index (χ0v) is 18.2. The molecular formula is C24H26N6O2.